The number of carbonyl (C=O) groups excluding carboxylic acids is 3. The van der Waals surface area contributed by atoms with E-state index in [4.69, 9.17) is 37.4 Å². The number of halogens is 2. The van der Waals surface area contributed by atoms with Gasteiger partial charge in [-0.1, -0.05) is 41.4 Å². The molecule has 0 N–H and O–H groups in total. The van der Waals surface area contributed by atoms with Crippen molar-refractivity contribution in [2.75, 3.05) is 114 Å². The maximum Gasteiger partial charge on any atom is 0.253 e. The van der Waals surface area contributed by atoms with Crippen LogP contribution in [0, 0.1) is 0 Å². The topological polar surface area (TPSA) is 98.3 Å². The quantitative estimate of drug-likeness (QED) is 0.185. The molecule has 14 heteroatoms. The van der Waals surface area contributed by atoms with Crippen molar-refractivity contribution in [1.29, 1.82) is 0 Å². The first-order valence-electron chi connectivity index (χ1n) is 19.6. The molecule has 0 atom stereocenters. The van der Waals surface area contributed by atoms with Crippen molar-refractivity contribution >= 4 is 58.0 Å². The first kappa shape index (κ1) is 44.3. The van der Waals surface area contributed by atoms with Gasteiger partial charge in [0.15, 0.2) is 0 Å². The van der Waals surface area contributed by atoms with Crippen LogP contribution in [0.25, 0.3) is 0 Å². The maximum absolute atomic E-state index is 12.2. The van der Waals surface area contributed by atoms with Crippen LogP contribution in [0.3, 0.4) is 0 Å². The molecule has 3 amide bonds. The predicted octanol–water partition coefficient (Wildman–Crippen LogP) is 6.33. The van der Waals surface area contributed by atoms with Crippen molar-refractivity contribution in [3.63, 3.8) is 0 Å². The molecule has 1 fully saturated rings. The Morgan fingerprint density at radius 2 is 1.02 bits per heavy atom. The minimum absolute atomic E-state index is 0.0165. The summed E-state index contributed by atoms with van der Waals surface area (Å²) in [7, 11) is 3.34. The maximum atomic E-state index is 12.2. The van der Waals surface area contributed by atoms with Gasteiger partial charge in [0.1, 0.15) is 0 Å². The molecule has 1 saturated heterocycles. The summed E-state index contributed by atoms with van der Waals surface area (Å²) in [6, 6.07) is 24.4. The van der Waals surface area contributed by atoms with Gasteiger partial charge in [-0.2, -0.15) is 0 Å². The molecule has 0 spiro atoms. The number of ether oxygens (including phenoxy) is 3. The Labute approximate surface area is 352 Å². The highest BCUT2D eigenvalue weighted by Crippen LogP contribution is 2.26. The van der Waals surface area contributed by atoms with Crippen molar-refractivity contribution in [2.24, 2.45) is 0 Å². The molecule has 310 valence electrons. The first-order chi connectivity index (χ1) is 28.1. The van der Waals surface area contributed by atoms with E-state index in [1.54, 1.807) is 66.5 Å². The fourth-order valence-corrected chi connectivity index (χ4v) is 7.13. The average molecular weight is 834 g/mol. The smallest absolute Gasteiger partial charge is 0.253 e. The second-order valence-corrected chi connectivity index (χ2v) is 14.6. The van der Waals surface area contributed by atoms with Crippen LogP contribution >= 0.6 is 23.2 Å². The number of hydrogen-bond donors (Lipinski definition) is 0. The third-order valence-electron chi connectivity index (χ3n) is 10.1. The zero-order valence-electron chi connectivity index (χ0n) is 33.8. The zero-order chi connectivity index (χ0) is 41.4. The van der Waals surface area contributed by atoms with Crippen LogP contribution < -0.4 is 14.7 Å². The number of morpholine rings is 1. The number of nitrogens with zero attached hydrogens (tertiary/aromatic N) is 6. The van der Waals surface area contributed by atoms with Gasteiger partial charge in [0.25, 0.3) is 17.7 Å². The first-order valence-corrected chi connectivity index (χ1v) is 20.3. The summed E-state index contributed by atoms with van der Waals surface area (Å²) < 4.78 is 15.6. The molecule has 4 aliphatic heterocycles. The van der Waals surface area contributed by atoms with Gasteiger partial charge >= 0.3 is 0 Å². The Morgan fingerprint density at radius 1 is 0.586 bits per heavy atom. The van der Waals surface area contributed by atoms with Crippen LogP contribution in [0.5, 0.6) is 0 Å². The number of amides is 3. The molecule has 0 saturated carbocycles. The minimum atomic E-state index is -0.0165. The second kappa shape index (κ2) is 22.3. The van der Waals surface area contributed by atoms with Crippen LogP contribution in [-0.4, -0.2) is 132 Å². The van der Waals surface area contributed by atoms with E-state index >= 15 is 0 Å². The minimum Gasteiger partial charge on any atom is -0.383 e. The van der Waals surface area contributed by atoms with E-state index in [9.17, 15) is 14.4 Å². The molecule has 4 aliphatic rings. The fraction of sp³-hybridized carbons (Fsp3) is 0.386. The molecule has 4 heterocycles. The Kier molecular flexibility index (Phi) is 17.0. The van der Waals surface area contributed by atoms with E-state index < -0.39 is 0 Å². The highest BCUT2D eigenvalue weighted by atomic mass is 35.5. The molecule has 3 aromatic carbocycles. The van der Waals surface area contributed by atoms with Crippen LogP contribution in [0.2, 0.25) is 10.0 Å². The lowest BCUT2D eigenvalue weighted by Crippen LogP contribution is -2.37. The molecule has 0 radical (unpaired) electrons. The molecule has 0 aliphatic carbocycles. The van der Waals surface area contributed by atoms with Crippen molar-refractivity contribution in [3.05, 3.63) is 124 Å². The summed E-state index contributed by atoms with van der Waals surface area (Å²) in [5, 5.41) is 1.34. The van der Waals surface area contributed by atoms with Gasteiger partial charge in [-0.3, -0.25) is 14.4 Å². The Morgan fingerprint density at radius 3 is 1.48 bits per heavy atom. The van der Waals surface area contributed by atoms with E-state index in [1.165, 1.54) is 0 Å². The third kappa shape index (κ3) is 12.1. The highest BCUT2D eigenvalue weighted by Gasteiger charge is 2.28. The summed E-state index contributed by atoms with van der Waals surface area (Å²) in [6.07, 6.45) is 5.15. The molecule has 12 nitrogen and oxygen atoms in total. The molecule has 0 bridgehead atoms. The van der Waals surface area contributed by atoms with Gasteiger partial charge in [0, 0.05) is 116 Å². The molecular formula is C44H54Cl2N6O6. The van der Waals surface area contributed by atoms with Crippen LogP contribution in [0.4, 0.5) is 17.1 Å². The van der Waals surface area contributed by atoms with E-state index in [0.29, 0.717) is 42.9 Å². The van der Waals surface area contributed by atoms with E-state index in [1.807, 2.05) is 59.5 Å². The molecule has 7 rings (SSSR count). The number of methoxy groups -OCH3 is 2. The summed E-state index contributed by atoms with van der Waals surface area (Å²) >= 11 is 11.7. The molecule has 0 unspecified atom stereocenters. The number of hydrogen-bond acceptors (Lipinski definition) is 9. The predicted molar refractivity (Wildman–Crippen MR) is 231 cm³/mol. The molecule has 3 aromatic rings. The zero-order valence-corrected chi connectivity index (χ0v) is 35.3. The standard InChI is InChI=1S/C16H21ClN2O3.C14H17ClN2O.C14H16N2O2/c1-21-9-7-18(8-10-22-2)15-11-16(20)19(12-15)14-5-3-13(17)4-6-14;1-3-16(4-2)13-9-14(18)17(10-13)12-7-5-11(15)6-8-12;17-14-10-13(15-6-8-18-9-7-15)11-16(14)12-4-2-1-3-5-12/h3-6,11H,7-10,12H2,1-2H3;5-9H,3-4,10H2,1-2H3;1-5,10H,6-9,11H2. The van der Waals surface area contributed by atoms with Gasteiger partial charge < -0.3 is 43.6 Å². The summed E-state index contributed by atoms with van der Waals surface area (Å²) in [5.74, 6) is 0.0964. The number of benzene rings is 3. The summed E-state index contributed by atoms with van der Waals surface area (Å²) in [6.45, 7) is 13.8. The van der Waals surface area contributed by atoms with Crippen molar-refractivity contribution in [3.8, 4) is 0 Å². The van der Waals surface area contributed by atoms with Crippen molar-refractivity contribution in [1.82, 2.24) is 14.7 Å². The lowest BCUT2D eigenvalue weighted by atomic mass is 10.3. The van der Waals surface area contributed by atoms with Crippen molar-refractivity contribution in [2.45, 2.75) is 13.8 Å². The van der Waals surface area contributed by atoms with Gasteiger partial charge in [-0.05, 0) is 74.5 Å². The van der Waals surface area contributed by atoms with Gasteiger partial charge in [-0.15, -0.1) is 0 Å². The van der Waals surface area contributed by atoms with Gasteiger partial charge in [0.2, 0.25) is 0 Å². The lowest BCUT2D eigenvalue weighted by Gasteiger charge is -2.30. The number of para-hydroxylation sites is 1. The van der Waals surface area contributed by atoms with Gasteiger partial charge in [0.05, 0.1) is 46.1 Å². The van der Waals surface area contributed by atoms with E-state index in [2.05, 4.69) is 28.5 Å². The monoisotopic (exact) mass is 832 g/mol. The Bertz CT molecular complexity index is 1890. The largest absolute Gasteiger partial charge is 0.383 e. The lowest BCUT2D eigenvalue weighted by molar-refractivity contribution is -0.114. The number of rotatable bonds is 14. The van der Waals surface area contributed by atoms with Crippen LogP contribution in [0.1, 0.15) is 13.8 Å². The number of likely N-dealkylation sites (N-methyl/N-ethyl adjacent to an activating group) is 1. The fourth-order valence-electron chi connectivity index (χ4n) is 6.88. The van der Waals surface area contributed by atoms with E-state index in [-0.39, 0.29) is 17.7 Å². The second-order valence-electron chi connectivity index (χ2n) is 13.7. The summed E-state index contributed by atoms with van der Waals surface area (Å²) in [5.41, 5.74) is 5.87. The van der Waals surface area contributed by atoms with Crippen LogP contribution in [0.15, 0.2) is 114 Å². The SMILES string of the molecule is CCN(CC)C1=CC(=O)N(c2ccc(Cl)cc2)C1.COCCN(CCOC)C1=CC(=O)N(c2ccc(Cl)cc2)C1.O=C1C=C(N2CCOCC2)CN1c1ccccc1. The van der Waals surface area contributed by atoms with Crippen LogP contribution in [-0.2, 0) is 28.6 Å². The highest BCUT2D eigenvalue weighted by molar-refractivity contribution is 6.31. The van der Waals surface area contributed by atoms with Gasteiger partial charge in [-0.25, -0.2) is 0 Å². The molecular weight excluding hydrogens is 779 g/mol. The number of carbonyl (C=O) groups is 3. The third-order valence-corrected chi connectivity index (χ3v) is 10.6. The average Bonchev–Trinajstić information content (AvgIpc) is 3.96. The van der Waals surface area contributed by atoms with E-state index in [0.717, 1.165) is 86.6 Å². The Hall–Kier alpha value is -4.85. The Balaban J connectivity index is 0.000000167. The van der Waals surface area contributed by atoms with Crippen molar-refractivity contribution < 1.29 is 28.6 Å². The summed E-state index contributed by atoms with van der Waals surface area (Å²) in [4.78, 5) is 48.1. The normalized spacial score (nSPS) is 16.4. The number of anilines is 3. The molecule has 58 heavy (non-hydrogen) atoms. The molecule has 0 aromatic heterocycles.